The standard InChI is InChI=1S/C17H30O2/c1-2-3-4-5-9-12-16(18)13-14-17(19)15-10-7-6-8-11-15/h13-15,17,19H,2-12H2,1H3. The number of rotatable bonds is 9. The normalized spacial score (nSPS) is 18.8. The Kier molecular flexibility index (Phi) is 8.81. The topological polar surface area (TPSA) is 37.3 Å². The summed E-state index contributed by atoms with van der Waals surface area (Å²) in [6, 6.07) is 0. The van der Waals surface area contributed by atoms with E-state index in [-0.39, 0.29) is 5.78 Å². The number of unbranched alkanes of at least 4 members (excludes halogenated alkanes) is 4. The first-order chi connectivity index (χ1) is 9.24. The highest BCUT2D eigenvalue weighted by molar-refractivity contribution is 5.89. The molecule has 0 amide bonds. The van der Waals surface area contributed by atoms with Crippen LogP contribution >= 0.6 is 0 Å². The van der Waals surface area contributed by atoms with Crippen LogP contribution < -0.4 is 0 Å². The molecule has 1 atom stereocenters. The molecule has 19 heavy (non-hydrogen) atoms. The van der Waals surface area contributed by atoms with Gasteiger partial charge in [-0.25, -0.2) is 0 Å². The fourth-order valence-corrected chi connectivity index (χ4v) is 2.82. The van der Waals surface area contributed by atoms with Crippen LogP contribution in [0.25, 0.3) is 0 Å². The molecule has 1 saturated carbocycles. The zero-order valence-corrected chi connectivity index (χ0v) is 12.4. The Bertz CT molecular complexity index is 264. The number of hydrogen-bond acceptors (Lipinski definition) is 2. The molecule has 1 unspecified atom stereocenters. The van der Waals surface area contributed by atoms with Crippen molar-refractivity contribution in [3.8, 4) is 0 Å². The molecule has 0 aromatic heterocycles. The van der Waals surface area contributed by atoms with Crippen molar-refractivity contribution < 1.29 is 9.90 Å². The van der Waals surface area contributed by atoms with Gasteiger partial charge in [-0.15, -0.1) is 0 Å². The van der Waals surface area contributed by atoms with E-state index in [1.54, 1.807) is 12.2 Å². The molecule has 0 aliphatic heterocycles. The zero-order valence-electron chi connectivity index (χ0n) is 12.4. The second-order valence-corrected chi connectivity index (χ2v) is 5.88. The molecule has 1 N–H and O–H groups in total. The molecule has 2 nitrogen and oxygen atoms in total. The first-order valence-corrected chi connectivity index (χ1v) is 8.13. The average Bonchev–Trinajstić information content (AvgIpc) is 2.45. The Hall–Kier alpha value is -0.630. The molecule has 1 aliphatic rings. The Morgan fingerprint density at radius 2 is 1.84 bits per heavy atom. The fraction of sp³-hybridized carbons (Fsp3) is 0.824. The van der Waals surface area contributed by atoms with Gasteiger partial charge in [0.05, 0.1) is 6.10 Å². The van der Waals surface area contributed by atoms with E-state index in [2.05, 4.69) is 6.92 Å². The molecular formula is C17H30O2. The number of hydrogen-bond donors (Lipinski definition) is 1. The first kappa shape index (κ1) is 16.4. The lowest BCUT2D eigenvalue weighted by atomic mass is 9.85. The van der Waals surface area contributed by atoms with Crippen LogP contribution in [-0.2, 0) is 4.79 Å². The van der Waals surface area contributed by atoms with E-state index < -0.39 is 6.10 Å². The van der Waals surface area contributed by atoms with E-state index in [9.17, 15) is 9.90 Å². The second kappa shape index (κ2) is 10.2. The number of carbonyl (C=O) groups is 1. The fourth-order valence-electron chi connectivity index (χ4n) is 2.82. The van der Waals surface area contributed by atoms with E-state index in [0.717, 1.165) is 25.7 Å². The van der Waals surface area contributed by atoms with Gasteiger partial charge < -0.3 is 5.11 Å². The number of ketones is 1. The van der Waals surface area contributed by atoms with Gasteiger partial charge in [-0.2, -0.15) is 0 Å². The number of allylic oxidation sites excluding steroid dienone is 1. The monoisotopic (exact) mass is 266 g/mol. The molecule has 0 bridgehead atoms. The Balaban J connectivity index is 2.13. The van der Waals surface area contributed by atoms with Crippen molar-refractivity contribution in [3.05, 3.63) is 12.2 Å². The summed E-state index contributed by atoms with van der Waals surface area (Å²) in [5, 5.41) is 10.0. The lowest BCUT2D eigenvalue weighted by molar-refractivity contribution is -0.114. The maximum absolute atomic E-state index is 11.7. The molecule has 0 heterocycles. The predicted octanol–water partition coefficient (Wildman–Crippen LogP) is 4.41. The van der Waals surface area contributed by atoms with Crippen LogP contribution in [0.4, 0.5) is 0 Å². The summed E-state index contributed by atoms with van der Waals surface area (Å²) in [5.74, 6) is 0.550. The molecule has 2 heteroatoms. The maximum Gasteiger partial charge on any atom is 0.155 e. The molecule has 0 radical (unpaired) electrons. The first-order valence-electron chi connectivity index (χ1n) is 8.13. The minimum Gasteiger partial charge on any atom is -0.389 e. The number of aliphatic hydroxyl groups is 1. The highest BCUT2D eigenvalue weighted by Crippen LogP contribution is 2.26. The summed E-state index contributed by atoms with van der Waals surface area (Å²) < 4.78 is 0. The third-order valence-electron chi connectivity index (χ3n) is 4.14. The van der Waals surface area contributed by atoms with Gasteiger partial charge in [0.1, 0.15) is 0 Å². The molecule has 0 saturated heterocycles. The summed E-state index contributed by atoms with van der Waals surface area (Å²) in [4.78, 5) is 11.7. The van der Waals surface area contributed by atoms with Crippen LogP contribution in [0.1, 0.15) is 77.6 Å². The van der Waals surface area contributed by atoms with Crippen LogP contribution in [0, 0.1) is 5.92 Å². The van der Waals surface area contributed by atoms with Gasteiger partial charge in [-0.05, 0) is 31.3 Å². The van der Waals surface area contributed by atoms with Gasteiger partial charge in [0, 0.05) is 6.42 Å². The predicted molar refractivity (Wildman–Crippen MR) is 80.1 cm³/mol. The van der Waals surface area contributed by atoms with Crippen LogP contribution in [0.2, 0.25) is 0 Å². The summed E-state index contributed by atoms with van der Waals surface area (Å²) in [7, 11) is 0. The summed E-state index contributed by atoms with van der Waals surface area (Å²) in [6.07, 6.45) is 15.4. The molecule has 1 rings (SSSR count). The number of aliphatic hydroxyl groups excluding tert-OH is 1. The average molecular weight is 266 g/mol. The van der Waals surface area contributed by atoms with E-state index in [0.29, 0.717) is 12.3 Å². The minimum atomic E-state index is -0.413. The van der Waals surface area contributed by atoms with Crippen molar-refractivity contribution in [3.63, 3.8) is 0 Å². The molecular weight excluding hydrogens is 236 g/mol. The summed E-state index contributed by atoms with van der Waals surface area (Å²) >= 11 is 0. The van der Waals surface area contributed by atoms with Gasteiger partial charge in [0.15, 0.2) is 5.78 Å². The Morgan fingerprint density at radius 3 is 2.53 bits per heavy atom. The van der Waals surface area contributed by atoms with Crippen molar-refractivity contribution in [1.29, 1.82) is 0 Å². The van der Waals surface area contributed by atoms with Gasteiger partial charge in [-0.1, -0.05) is 57.9 Å². The van der Waals surface area contributed by atoms with E-state index >= 15 is 0 Å². The van der Waals surface area contributed by atoms with Gasteiger partial charge in [-0.3, -0.25) is 4.79 Å². The smallest absolute Gasteiger partial charge is 0.155 e. The van der Waals surface area contributed by atoms with Crippen LogP contribution in [0.15, 0.2) is 12.2 Å². The molecule has 110 valence electrons. The summed E-state index contributed by atoms with van der Waals surface area (Å²) in [5.41, 5.74) is 0. The molecule has 1 aliphatic carbocycles. The minimum absolute atomic E-state index is 0.173. The maximum atomic E-state index is 11.7. The van der Waals surface area contributed by atoms with Crippen molar-refractivity contribution in [2.75, 3.05) is 0 Å². The van der Waals surface area contributed by atoms with E-state index in [4.69, 9.17) is 0 Å². The van der Waals surface area contributed by atoms with Gasteiger partial charge in [0.25, 0.3) is 0 Å². The highest BCUT2D eigenvalue weighted by atomic mass is 16.3. The molecule has 0 aromatic carbocycles. The van der Waals surface area contributed by atoms with E-state index in [1.165, 1.54) is 38.5 Å². The van der Waals surface area contributed by atoms with Gasteiger partial charge in [0.2, 0.25) is 0 Å². The second-order valence-electron chi connectivity index (χ2n) is 5.88. The third-order valence-corrected chi connectivity index (χ3v) is 4.14. The largest absolute Gasteiger partial charge is 0.389 e. The van der Waals surface area contributed by atoms with Crippen molar-refractivity contribution in [2.24, 2.45) is 5.92 Å². The van der Waals surface area contributed by atoms with Crippen molar-refractivity contribution >= 4 is 5.78 Å². The zero-order chi connectivity index (χ0) is 13.9. The summed E-state index contributed by atoms with van der Waals surface area (Å²) in [6.45, 7) is 2.19. The Morgan fingerprint density at radius 1 is 1.16 bits per heavy atom. The molecule has 1 fully saturated rings. The van der Waals surface area contributed by atoms with Crippen LogP contribution in [0.5, 0.6) is 0 Å². The molecule has 0 spiro atoms. The number of carbonyl (C=O) groups excluding carboxylic acids is 1. The van der Waals surface area contributed by atoms with E-state index in [1.807, 2.05) is 0 Å². The lowest BCUT2D eigenvalue weighted by Crippen LogP contribution is -2.20. The van der Waals surface area contributed by atoms with Gasteiger partial charge >= 0.3 is 0 Å². The van der Waals surface area contributed by atoms with Crippen LogP contribution in [-0.4, -0.2) is 17.0 Å². The Labute approximate surface area is 118 Å². The van der Waals surface area contributed by atoms with Crippen molar-refractivity contribution in [1.82, 2.24) is 0 Å². The van der Waals surface area contributed by atoms with Crippen molar-refractivity contribution in [2.45, 2.75) is 83.7 Å². The SMILES string of the molecule is CCCCCCCC(=O)C=CC(O)C1CCCCC1. The molecule has 0 aromatic rings. The quantitative estimate of drug-likeness (QED) is 0.495. The highest BCUT2D eigenvalue weighted by Gasteiger charge is 2.19. The van der Waals surface area contributed by atoms with Crippen LogP contribution in [0.3, 0.4) is 0 Å². The lowest BCUT2D eigenvalue weighted by Gasteiger charge is -2.24. The third kappa shape index (κ3) is 7.51.